The zero-order valence-electron chi connectivity index (χ0n) is 18.0. The van der Waals surface area contributed by atoms with Crippen LogP contribution in [-0.4, -0.2) is 54.2 Å². The van der Waals surface area contributed by atoms with Crippen molar-refractivity contribution in [2.45, 2.75) is 56.0 Å². The van der Waals surface area contributed by atoms with Crippen molar-refractivity contribution >= 4 is 8.56 Å². The van der Waals surface area contributed by atoms with Crippen LogP contribution in [0.5, 0.6) is 0 Å². The van der Waals surface area contributed by atoms with Gasteiger partial charge in [-0.05, 0) is 30.9 Å². The highest BCUT2D eigenvalue weighted by molar-refractivity contribution is 6.71. The molecule has 158 valence electrons. The molecule has 1 aromatic rings. The Labute approximate surface area is 172 Å². The standard InChI is InChI=1S/C22H38N2O3Si/c1-6-15-22(25-3)21(14-11-18-28(22,26-4)27-5)24-17-16-23-20(7-2)19-12-9-8-10-13-19/h7-10,12-13,20-21,23-24H,2,6,11,14-18H2,1,3-5H3. The molecule has 0 amide bonds. The first-order valence-electron chi connectivity index (χ1n) is 10.4. The fourth-order valence-electron chi connectivity index (χ4n) is 4.76. The molecule has 2 N–H and O–H groups in total. The maximum atomic E-state index is 6.21. The third-order valence-corrected chi connectivity index (χ3v) is 10.5. The minimum absolute atomic E-state index is 0.156. The van der Waals surface area contributed by atoms with Gasteiger partial charge in [-0.1, -0.05) is 49.8 Å². The molecular weight excluding hydrogens is 368 g/mol. The number of benzene rings is 1. The summed E-state index contributed by atoms with van der Waals surface area (Å²) in [5.74, 6) is 0. The van der Waals surface area contributed by atoms with E-state index in [1.807, 2.05) is 19.3 Å². The van der Waals surface area contributed by atoms with Crippen molar-refractivity contribution in [3.8, 4) is 0 Å². The van der Waals surface area contributed by atoms with E-state index in [0.29, 0.717) is 0 Å². The summed E-state index contributed by atoms with van der Waals surface area (Å²) in [4.78, 5) is 0. The highest BCUT2D eigenvalue weighted by Gasteiger charge is 2.62. The van der Waals surface area contributed by atoms with Crippen LogP contribution in [0.4, 0.5) is 0 Å². The van der Waals surface area contributed by atoms with Gasteiger partial charge in [-0.3, -0.25) is 0 Å². The topological polar surface area (TPSA) is 51.8 Å². The Morgan fingerprint density at radius 1 is 1.21 bits per heavy atom. The monoisotopic (exact) mass is 406 g/mol. The van der Waals surface area contributed by atoms with Crippen LogP contribution in [0.1, 0.15) is 44.2 Å². The second-order valence-electron chi connectivity index (χ2n) is 7.48. The maximum absolute atomic E-state index is 6.21. The minimum atomic E-state index is -2.46. The normalized spacial score (nSPS) is 25.4. The Bertz CT molecular complexity index is 582. The van der Waals surface area contributed by atoms with E-state index in [1.165, 1.54) is 5.56 Å². The molecule has 0 saturated carbocycles. The summed E-state index contributed by atoms with van der Waals surface area (Å²) < 4.78 is 18.3. The second-order valence-corrected chi connectivity index (χ2v) is 11.2. The van der Waals surface area contributed by atoms with Crippen LogP contribution in [0.15, 0.2) is 43.0 Å². The predicted octanol–water partition coefficient (Wildman–Crippen LogP) is 3.71. The summed E-state index contributed by atoms with van der Waals surface area (Å²) in [7, 11) is 2.94. The molecule has 0 aromatic heterocycles. The third kappa shape index (κ3) is 4.75. The summed E-state index contributed by atoms with van der Waals surface area (Å²) in [5, 5.41) is 6.97. The van der Waals surface area contributed by atoms with Gasteiger partial charge in [0.25, 0.3) is 0 Å². The third-order valence-electron chi connectivity index (χ3n) is 6.13. The highest BCUT2D eigenvalue weighted by Crippen LogP contribution is 2.43. The van der Waals surface area contributed by atoms with Gasteiger partial charge < -0.3 is 24.2 Å². The van der Waals surface area contributed by atoms with Crippen LogP contribution < -0.4 is 10.6 Å². The second kappa shape index (κ2) is 11.2. The van der Waals surface area contributed by atoms with Crippen molar-refractivity contribution in [2.24, 2.45) is 0 Å². The summed E-state index contributed by atoms with van der Waals surface area (Å²) in [6, 6.07) is 11.8. The number of nitrogens with one attached hydrogen (secondary N) is 2. The van der Waals surface area contributed by atoms with Gasteiger partial charge in [0.1, 0.15) is 5.22 Å². The maximum Gasteiger partial charge on any atom is 0.372 e. The number of hydrogen-bond acceptors (Lipinski definition) is 5. The van der Waals surface area contributed by atoms with Gasteiger partial charge in [-0.25, -0.2) is 0 Å². The van der Waals surface area contributed by atoms with Crippen LogP contribution in [0, 0.1) is 0 Å². The molecular formula is C22H38N2O3Si. The van der Waals surface area contributed by atoms with Crippen LogP contribution >= 0.6 is 0 Å². The molecule has 1 saturated heterocycles. The predicted molar refractivity (Wildman–Crippen MR) is 118 cm³/mol. The van der Waals surface area contributed by atoms with Gasteiger partial charge in [0, 0.05) is 40.5 Å². The average molecular weight is 407 g/mol. The van der Waals surface area contributed by atoms with Crippen molar-refractivity contribution in [1.29, 1.82) is 0 Å². The van der Waals surface area contributed by atoms with E-state index in [0.717, 1.165) is 44.8 Å². The van der Waals surface area contributed by atoms with Crippen LogP contribution in [0.3, 0.4) is 0 Å². The lowest BCUT2D eigenvalue weighted by molar-refractivity contribution is -0.0371. The number of hydrogen-bond donors (Lipinski definition) is 2. The molecule has 0 bridgehead atoms. The fraction of sp³-hybridized carbons (Fsp3) is 0.636. The summed E-state index contributed by atoms with van der Waals surface area (Å²) in [5.41, 5.74) is 1.23. The SMILES string of the molecule is C=CC(NCCNC1CCC[Si](OC)(OC)C1(CCC)OC)c1ccccc1. The summed E-state index contributed by atoms with van der Waals surface area (Å²) in [6.07, 6.45) is 6.13. The lowest BCUT2D eigenvalue weighted by Gasteiger charge is -2.52. The molecule has 0 aliphatic carbocycles. The molecule has 3 unspecified atom stereocenters. The molecule has 1 fully saturated rings. The number of ether oxygens (including phenoxy) is 1. The molecule has 1 heterocycles. The van der Waals surface area contributed by atoms with E-state index < -0.39 is 8.56 Å². The van der Waals surface area contributed by atoms with E-state index in [1.54, 1.807) is 14.2 Å². The van der Waals surface area contributed by atoms with Crippen LogP contribution in [0.25, 0.3) is 0 Å². The molecule has 6 heteroatoms. The zero-order valence-corrected chi connectivity index (χ0v) is 19.0. The Balaban J connectivity index is 2.01. The molecule has 2 rings (SSSR count). The van der Waals surface area contributed by atoms with Crippen molar-refractivity contribution in [2.75, 3.05) is 34.4 Å². The van der Waals surface area contributed by atoms with E-state index in [4.69, 9.17) is 13.6 Å². The Hall–Kier alpha value is -1.02. The van der Waals surface area contributed by atoms with Crippen LogP contribution in [-0.2, 0) is 13.6 Å². The first kappa shape index (κ1) is 23.3. The fourth-order valence-corrected chi connectivity index (χ4v) is 8.83. The van der Waals surface area contributed by atoms with Crippen molar-refractivity contribution in [3.63, 3.8) is 0 Å². The van der Waals surface area contributed by atoms with E-state index in [9.17, 15) is 0 Å². The summed E-state index contributed by atoms with van der Waals surface area (Å²) in [6.45, 7) is 7.88. The van der Waals surface area contributed by atoms with Gasteiger partial charge in [0.15, 0.2) is 0 Å². The smallest absolute Gasteiger partial charge is 0.372 e. The first-order valence-corrected chi connectivity index (χ1v) is 12.4. The molecule has 0 radical (unpaired) electrons. The Morgan fingerprint density at radius 2 is 1.93 bits per heavy atom. The van der Waals surface area contributed by atoms with Crippen molar-refractivity contribution < 1.29 is 13.6 Å². The van der Waals surface area contributed by atoms with Crippen molar-refractivity contribution in [1.82, 2.24) is 10.6 Å². The van der Waals surface area contributed by atoms with Crippen molar-refractivity contribution in [3.05, 3.63) is 48.6 Å². The quantitative estimate of drug-likeness (QED) is 0.315. The molecule has 3 atom stereocenters. The lowest BCUT2D eigenvalue weighted by Crippen LogP contribution is -2.73. The van der Waals surface area contributed by atoms with E-state index in [-0.39, 0.29) is 17.3 Å². The van der Waals surface area contributed by atoms with Gasteiger partial charge >= 0.3 is 8.56 Å². The Morgan fingerprint density at radius 3 is 2.50 bits per heavy atom. The lowest BCUT2D eigenvalue weighted by atomic mass is 9.99. The molecule has 28 heavy (non-hydrogen) atoms. The average Bonchev–Trinajstić information content (AvgIpc) is 2.75. The largest absolute Gasteiger partial charge is 0.396 e. The number of methoxy groups -OCH3 is 1. The minimum Gasteiger partial charge on any atom is -0.396 e. The van der Waals surface area contributed by atoms with Gasteiger partial charge in [0.2, 0.25) is 0 Å². The molecule has 0 spiro atoms. The summed E-state index contributed by atoms with van der Waals surface area (Å²) >= 11 is 0. The van der Waals surface area contributed by atoms with Crippen LogP contribution in [0.2, 0.25) is 6.04 Å². The molecule has 1 aromatic carbocycles. The molecule has 1 aliphatic heterocycles. The highest BCUT2D eigenvalue weighted by atomic mass is 28.4. The van der Waals surface area contributed by atoms with Gasteiger partial charge in [-0.15, -0.1) is 6.58 Å². The van der Waals surface area contributed by atoms with E-state index in [2.05, 4.69) is 48.4 Å². The molecule has 5 nitrogen and oxygen atoms in total. The zero-order chi connectivity index (χ0) is 20.5. The Kier molecular flexibility index (Phi) is 9.33. The molecule has 1 aliphatic rings. The van der Waals surface area contributed by atoms with Gasteiger partial charge in [-0.2, -0.15) is 0 Å². The van der Waals surface area contributed by atoms with E-state index >= 15 is 0 Å². The first-order chi connectivity index (χ1) is 13.6. The van der Waals surface area contributed by atoms with Gasteiger partial charge in [0.05, 0.1) is 6.04 Å². The number of rotatable bonds is 12.